The molecule has 0 aliphatic carbocycles. The van der Waals surface area contributed by atoms with Crippen molar-refractivity contribution in [2.24, 2.45) is 0 Å². The molecule has 0 aliphatic rings. The molecule has 0 saturated carbocycles. The van der Waals surface area contributed by atoms with Gasteiger partial charge in [-0.2, -0.15) is 4.98 Å². The number of rotatable bonds is 5. The fourth-order valence-electron chi connectivity index (χ4n) is 2.95. The number of aromatic nitrogens is 1. The zero-order valence-electron chi connectivity index (χ0n) is 15.5. The number of sulfone groups is 1. The minimum absolute atomic E-state index is 0.0960. The smallest absolute Gasteiger partial charge is 0.227 e. The highest BCUT2D eigenvalue weighted by Crippen LogP contribution is 2.32. The van der Waals surface area contributed by atoms with Gasteiger partial charge in [0.15, 0.2) is 5.76 Å². The van der Waals surface area contributed by atoms with Gasteiger partial charge in [-0.3, -0.25) is 0 Å². The van der Waals surface area contributed by atoms with Gasteiger partial charge in [-0.05, 0) is 48.4 Å². The average molecular weight is 406 g/mol. The van der Waals surface area contributed by atoms with Crippen LogP contribution in [0, 0.1) is 19.2 Å². The fraction of sp³-hybridized carbons (Fsp3) is 0.0435. The summed E-state index contributed by atoms with van der Waals surface area (Å²) in [5.41, 5.74) is 2.21. The summed E-state index contributed by atoms with van der Waals surface area (Å²) in [5, 5.41) is -0.175. The lowest BCUT2D eigenvalue weighted by Crippen LogP contribution is -2.05. The second-order valence-corrected chi connectivity index (χ2v) is 8.38. The molecular weight excluding hydrogens is 389 g/mol. The molecule has 0 bridgehead atoms. The number of aryl methyl sites for hydroxylation is 1. The number of nitrogens with zero attached hydrogens (tertiary/aromatic N) is 1. The summed E-state index contributed by atoms with van der Waals surface area (Å²) in [5.74, 6) is -0.0675. The first kappa shape index (κ1) is 19.1. The van der Waals surface area contributed by atoms with E-state index in [1.165, 1.54) is 24.3 Å². The maximum atomic E-state index is 13.2. The second kappa shape index (κ2) is 7.64. The molecule has 0 saturated heterocycles. The van der Waals surface area contributed by atoms with Crippen LogP contribution in [0.1, 0.15) is 16.9 Å². The molecule has 0 aliphatic heterocycles. The van der Waals surface area contributed by atoms with E-state index < -0.39 is 9.84 Å². The van der Waals surface area contributed by atoms with Crippen LogP contribution in [0.25, 0.3) is 11.5 Å². The second-order valence-electron chi connectivity index (χ2n) is 6.52. The van der Waals surface area contributed by atoms with E-state index in [0.717, 1.165) is 5.56 Å². The first-order valence-corrected chi connectivity index (χ1v) is 10.4. The number of benzene rings is 3. The quantitative estimate of drug-likeness (QED) is 0.456. The highest BCUT2D eigenvalue weighted by Gasteiger charge is 2.28. The molecule has 6 heteroatoms. The van der Waals surface area contributed by atoms with Gasteiger partial charge in [0, 0.05) is 5.56 Å². The molecule has 0 fully saturated rings. The Labute approximate surface area is 168 Å². The standard InChI is InChI=1S/C23H17FNO3S/c1-16-7-5-6-10-20(16)22-25-23(29(26,27)19-8-3-2-4-9-19)21(28-22)15-17-11-13-18(24)14-12-17/h2-15H,1H3. The SMILES string of the molecule is Cc1ccccc1-c1nc(S(=O)(=O)c2ccccc2)c([CH]c2ccc(F)cc2)o1. The summed E-state index contributed by atoms with van der Waals surface area (Å²) < 4.78 is 45.6. The number of oxazole rings is 1. The van der Waals surface area contributed by atoms with E-state index in [4.69, 9.17) is 4.42 Å². The molecule has 0 spiro atoms. The van der Waals surface area contributed by atoms with E-state index in [-0.39, 0.29) is 27.4 Å². The van der Waals surface area contributed by atoms with Crippen LogP contribution in [-0.2, 0) is 9.84 Å². The molecule has 0 unspecified atom stereocenters. The predicted molar refractivity (Wildman–Crippen MR) is 107 cm³/mol. The van der Waals surface area contributed by atoms with Crippen LogP contribution in [0.3, 0.4) is 0 Å². The van der Waals surface area contributed by atoms with Crippen molar-refractivity contribution in [2.75, 3.05) is 0 Å². The van der Waals surface area contributed by atoms with E-state index in [1.807, 2.05) is 31.2 Å². The third-order valence-corrected chi connectivity index (χ3v) is 6.17. The minimum Gasteiger partial charge on any atom is -0.439 e. The van der Waals surface area contributed by atoms with Crippen LogP contribution < -0.4 is 0 Å². The lowest BCUT2D eigenvalue weighted by atomic mass is 10.1. The Morgan fingerprint density at radius 2 is 1.55 bits per heavy atom. The molecule has 1 aromatic heterocycles. The van der Waals surface area contributed by atoms with Crippen molar-refractivity contribution in [3.05, 3.63) is 108 Å². The topological polar surface area (TPSA) is 60.2 Å². The van der Waals surface area contributed by atoms with Crippen LogP contribution in [-0.4, -0.2) is 13.4 Å². The largest absolute Gasteiger partial charge is 0.439 e. The lowest BCUT2D eigenvalue weighted by molar-refractivity contribution is 0.541. The van der Waals surface area contributed by atoms with E-state index >= 15 is 0 Å². The molecule has 4 aromatic rings. The molecule has 29 heavy (non-hydrogen) atoms. The van der Waals surface area contributed by atoms with Crippen LogP contribution in [0.2, 0.25) is 0 Å². The van der Waals surface area contributed by atoms with Crippen molar-refractivity contribution >= 4 is 9.84 Å². The summed E-state index contributed by atoms with van der Waals surface area (Å²) in [7, 11) is -3.91. The zero-order chi connectivity index (χ0) is 20.4. The first-order chi connectivity index (χ1) is 13.9. The molecule has 145 valence electrons. The molecule has 0 N–H and O–H groups in total. The third kappa shape index (κ3) is 3.84. The zero-order valence-corrected chi connectivity index (χ0v) is 16.4. The van der Waals surface area contributed by atoms with Crippen LogP contribution in [0.5, 0.6) is 0 Å². The van der Waals surface area contributed by atoms with Gasteiger partial charge in [0.05, 0.1) is 11.3 Å². The Kier molecular flexibility index (Phi) is 5.03. The Bertz CT molecular complexity index is 1250. The summed E-state index contributed by atoms with van der Waals surface area (Å²) in [6, 6.07) is 21.2. The number of hydrogen-bond donors (Lipinski definition) is 0. The van der Waals surface area contributed by atoms with Crippen molar-refractivity contribution in [1.82, 2.24) is 4.98 Å². The summed E-state index contributed by atoms with van der Waals surface area (Å²) in [4.78, 5) is 4.47. The maximum Gasteiger partial charge on any atom is 0.227 e. The highest BCUT2D eigenvalue weighted by molar-refractivity contribution is 7.91. The molecule has 0 amide bonds. The molecule has 0 atom stereocenters. The normalized spacial score (nSPS) is 11.5. The van der Waals surface area contributed by atoms with Gasteiger partial charge in [0.25, 0.3) is 0 Å². The van der Waals surface area contributed by atoms with Crippen molar-refractivity contribution in [2.45, 2.75) is 16.8 Å². The van der Waals surface area contributed by atoms with Gasteiger partial charge < -0.3 is 4.42 Å². The molecule has 1 heterocycles. The molecular formula is C23H17FNO3S. The van der Waals surface area contributed by atoms with Gasteiger partial charge >= 0.3 is 0 Å². The van der Waals surface area contributed by atoms with E-state index in [2.05, 4.69) is 4.98 Å². The summed E-state index contributed by atoms with van der Waals surface area (Å²) >= 11 is 0. The van der Waals surface area contributed by atoms with Gasteiger partial charge in [-0.1, -0.05) is 48.5 Å². The van der Waals surface area contributed by atoms with Gasteiger partial charge in [0.1, 0.15) is 5.82 Å². The Morgan fingerprint density at radius 3 is 2.24 bits per heavy atom. The van der Waals surface area contributed by atoms with Crippen molar-refractivity contribution < 1.29 is 17.2 Å². The van der Waals surface area contributed by atoms with Gasteiger partial charge in [-0.25, -0.2) is 12.8 Å². The maximum absolute atomic E-state index is 13.2. The van der Waals surface area contributed by atoms with Gasteiger partial charge in [0.2, 0.25) is 20.8 Å². The van der Waals surface area contributed by atoms with Crippen LogP contribution >= 0.6 is 0 Å². The molecule has 1 radical (unpaired) electrons. The van der Waals surface area contributed by atoms with Crippen molar-refractivity contribution in [3.63, 3.8) is 0 Å². The van der Waals surface area contributed by atoms with Crippen molar-refractivity contribution in [3.8, 4) is 11.5 Å². The number of hydrogen-bond acceptors (Lipinski definition) is 4. The van der Waals surface area contributed by atoms with E-state index in [1.54, 1.807) is 36.8 Å². The number of halogens is 1. The van der Waals surface area contributed by atoms with Crippen LogP contribution in [0.15, 0.2) is 93.2 Å². The Morgan fingerprint density at radius 1 is 0.897 bits per heavy atom. The average Bonchev–Trinajstić information content (AvgIpc) is 3.15. The molecule has 3 aromatic carbocycles. The van der Waals surface area contributed by atoms with Gasteiger partial charge in [-0.15, -0.1) is 0 Å². The Balaban J connectivity index is 1.86. The van der Waals surface area contributed by atoms with E-state index in [0.29, 0.717) is 11.1 Å². The lowest BCUT2D eigenvalue weighted by Gasteiger charge is -2.03. The highest BCUT2D eigenvalue weighted by atomic mass is 32.2. The minimum atomic E-state index is -3.91. The molecule has 4 nitrogen and oxygen atoms in total. The third-order valence-electron chi connectivity index (χ3n) is 4.47. The van der Waals surface area contributed by atoms with Crippen LogP contribution in [0.4, 0.5) is 4.39 Å². The van der Waals surface area contributed by atoms with Crippen molar-refractivity contribution in [1.29, 1.82) is 0 Å². The first-order valence-electron chi connectivity index (χ1n) is 8.92. The van der Waals surface area contributed by atoms with E-state index in [9.17, 15) is 12.8 Å². The fourth-order valence-corrected chi connectivity index (χ4v) is 4.26. The monoisotopic (exact) mass is 406 g/mol. The summed E-state index contributed by atoms with van der Waals surface area (Å²) in [6.45, 7) is 1.90. The molecule has 4 rings (SSSR count). The summed E-state index contributed by atoms with van der Waals surface area (Å²) in [6.07, 6.45) is 1.55. The predicted octanol–water partition coefficient (Wildman–Crippen LogP) is 5.22. The Hall–Kier alpha value is -3.25.